The van der Waals surface area contributed by atoms with Gasteiger partial charge in [0, 0.05) is 18.0 Å². The Labute approximate surface area is 91.7 Å². The van der Waals surface area contributed by atoms with E-state index in [2.05, 4.69) is 15.2 Å². The highest BCUT2D eigenvalue weighted by molar-refractivity contribution is 7.13. The third-order valence-electron chi connectivity index (χ3n) is 2.07. The van der Waals surface area contributed by atoms with E-state index in [1.807, 2.05) is 24.5 Å². The Morgan fingerprint density at radius 1 is 1.60 bits per heavy atom. The van der Waals surface area contributed by atoms with Crippen molar-refractivity contribution in [3.63, 3.8) is 0 Å². The molecule has 1 heterocycles. The molecule has 0 aliphatic heterocycles. The Morgan fingerprint density at radius 2 is 2.47 bits per heavy atom. The van der Waals surface area contributed by atoms with Crippen LogP contribution in [0, 0.1) is 0 Å². The normalized spacial score (nSPS) is 25.9. The molecule has 1 aromatic rings. The van der Waals surface area contributed by atoms with Crippen LogP contribution in [0.25, 0.3) is 0 Å². The Hall–Kier alpha value is -1.33. The van der Waals surface area contributed by atoms with Crippen molar-refractivity contribution in [2.24, 2.45) is 10.2 Å². The van der Waals surface area contributed by atoms with Crippen molar-refractivity contribution in [1.82, 2.24) is 4.98 Å². The molecule has 1 aliphatic rings. The molecule has 1 aliphatic carbocycles. The van der Waals surface area contributed by atoms with Gasteiger partial charge in [0.15, 0.2) is 5.72 Å². The summed E-state index contributed by atoms with van der Waals surface area (Å²) in [6, 6.07) is 0. The van der Waals surface area contributed by atoms with Crippen LogP contribution in [0.1, 0.15) is 13.3 Å². The zero-order valence-corrected chi connectivity index (χ0v) is 9.11. The molecule has 0 aromatic carbocycles. The van der Waals surface area contributed by atoms with E-state index in [4.69, 9.17) is 0 Å². The average Bonchev–Trinajstić information content (AvgIpc) is 2.73. The van der Waals surface area contributed by atoms with E-state index in [0.717, 1.165) is 5.57 Å². The Bertz CT molecular complexity index is 422. The first kappa shape index (κ1) is 10.2. The lowest BCUT2D eigenvalue weighted by atomic mass is 10.0. The minimum Gasteiger partial charge on any atom is -0.364 e. The summed E-state index contributed by atoms with van der Waals surface area (Å²) in [5.74, 6) is 0. The van der Waals surface area contributed by atoms with E-state index in [-0.39, 0.29) is 0 Å². The predicted octanol–water partition coefficient (Wildman–Crippen LogP) is 2.82. The van der Waals surface area contributed by atoms with Crippen molar-refractivity contribution in [2.45, 2.75) is 19.1 Å². The van der Waals surface area contributed by atoms with Crippen molar-refractivity contribution in [3.05, 3.63) is 35.4 Å². The number of nitrogens with zero attached hydrogens (tertiary/aromatic N) is 3. The summed E-state index contributed by atoms with van der Waals surface area (Å²) in [6.07, 6.45) is 7.54. The molecule has 0 bridgehead atoms. The molecule has 0 fully saturated rings. The van der Waals surface area contributed by atoms with Crippen LogP contribution >= 0.6 is 11.3 Å². The van der Waals surface area contributed by atoms with Gasteiger partial charge < -0.3 is 5.11 Å². The largest absolute Gasteiger partial charge is 0.364 e. The third-order valence-corrected chi connectivity index (χ3v) is 2.72. The van der Waals surface area contributed by atoms with E-state index in [1.54, 1.807) is 12.3 Å². The van der Waals surface area contributed by atoms with Crippen LogP contribution < -0.4 is 0 Å². The molecule has 0 amide bonds. The predicted molar refractivity (Wildman–Crippen MR) is 59.1 cm³/mol. The maximum atomic E-state index is 9.97. The Morgan fingerprint density at radius 3 is 3.07 bits per heavy atom. The molecule has 0 radical (unpaired) electrons. The van der Waals surface area contributed by atoms with Gasteiger partial charge in [-0.25, -0.2) is 4.98 Å². The van der Waals surface area contributed by atoms with Crippen LogP contribution in [0.2, 0.25) is 0 Å². The highest BCUT2D eigenvalue weighted by Gasteiger charge is 2.23. The van der Waals surface area contributed by atoms with Crippen molar-refractivity contribution in [2.75, 3.05) is 0 Å². The Balaban J connectivity index is 2.10. The number of azo groups is 1. The summed E-state index contributed by atoms with van der Waals surface area (Å²) >= 11 is 1.39. The molecule has 4 nitrogen and oxygen atoms in total. The second kappa shape index (κ2) is 4.04. The molecule has 1 unspecified atom stereocenters. The molecule has 2 rings (SSSR count). The first-order chi connectivity index (χ1) is 7.18. The second-order valence-corrected chi connectivity index (χ2v) is 4.25. The molecule has 5 heteroatoms. The van der Waals surface area contributed by atoms with Gasteiger partial charge in [0.05, 0.1) is 0 Å². The fourth-order valence-electron chi connectivity index (χ4n) is 1.18. The molecule has 1 atom stereocenters. The first-order valence-electron chi connectivity index (χ1n) is 4.59. The van der Waals surface area contributed by atoms with E-state index in [1.165, 1.54) is 11.3 Å². The van der Waals surface area contributed by atoms with Gasteiger partial charge >= 0.3 is 0 Å². The van der Waals surface area contributed by atoms with E-state index in [0.29, 0.717) is 11.6 Å². The van der Waals surface area contributed by atoms with Crippen LogP contribution in [0.4, 0.5) is 5.13 Å². The van der Waals surface area contributed by atoms with E-state index in [9.17, 15) is 5.11 Å². The van der Waals surface area contributed by atoms with Crippen molar-refractivity contribution in [3.8, 4) is 0 Å². The van der Waals surface area contributed by atoms with Crippen LogP contribution in [-0.2, 0) is 0 Å². The van der Waals surface area contributed by atoms with Crippen LogP contribution in [0.3, 0.4) is 0 Å². The zero-order valence-electron chi connectivity index (χ0n) is 8.29. The number of allylic oxidation sites excluding steroid dienone is 2. The number of aliphatic hydroxyl groups is 1. The summed E-state index contributed by atoms with van der Waals surface area (Å²) in [4.78, 5) is 3.95. The smallest absolute Gasteiger partial charge is 0.229 e. The lowest BCUT2D eigenvalue weighted by Crippen LogP contribution is -2.23. The number of rotatable bonds is 2. The highest BCUT2D eigenvalue weighted by atomic mass is 32.1. The van der Waals surface area contributed by atoms with Gasteiger partial charge in [-0.3, -0.25) is 0 Å². The standard InChI is InChI=1S/C10H11N3OS/c1-8-2-4-10(14,5-3-8)13-12-9-11-6-7-15-9/h2-4,6-7,14H,5H2,1H3. The topological polar surface area (TPSA) is 57.8 Å². The number of thiazole rings is 1. The van der Waals surface area contributed by atoms with Gasteiger partial charge in [0.1, 0.15) is 0 Å². The number of hydrogen-bond acceptors (Lipinski definition) is 5. The Kier molecular flexibility index (Phi) is 2.75. The second-order valence-electron chi connectivity index (χ2n) is 3.38. The molecule has 1 N–H and O–H groups in total. The van der Waals surface area contributed by atoms with Crippen molar-refractivity contribution >= 4 is 16.5 Å². The molecule has 0 saturated carbocycles. The summed E-state index contributed by atoms with van der Waals surface area (Å²) in [5.41, 5.74) is -0.0744. The van der Waals surface area contributed by atoms with Crippen LogP contribution in [-0.4, -0.2) is 15.8 Å². The molecule has 15 heavy (non-hydrogen) atoms. The van der Waals surface area contributed by atoms with Gasteiger partial charge in [-0.05, 0) is 13.0 Å². The molecule has 78 valence electrons. The summed E-state index contributed by atoms with van der Waals surface area (Å²) in [7, 11) is 0. The van der Waals surface area contributed by atoms with Gasteiger partial charge in [-0.2, -0.15) is 0 Å². The minimum atomic E-state index is -1.20. The van der Waals surface area contributed by atoms with E-state index >= 15 is 0 Å². The van der Waals surface area contributed by atoms with E-state index < -0.39 is 5.72 Å². The zero-order chi connectivity index (χ0) is 10.7. The molecule has 0 saturated heterocycles. The monoisotopic (exact) mass is 221 g/mol. The third kappa shape index (κ3) is 2.57. The lowest BCUT2D eigenvalue weighted by molar-refractivity contribution is 0.0951. The molecular formula is C10H11N3OS. The van der Waals surface area contributed by atoms with Crippen molar-refractivity contribution < 1.29 is 5.11 Å². The van der Waals surface area contributed by atoms with Gasteiger partial charge in [-0.1, -0.05) is 17.7 Å². The summed E-state index contributed by atoms with van der Waals surface area (Å²) < 4.78 is 0. The number of aromatic nitrogens is 1. The molecular weight excluding hydrogens is 210 g/mol. The first-order valence-corrected chi connectivity index (χ1v) is 5.47. The quantitative estimate of drug-likeness (QED) is 0.781. The minimum absolute atomic E-state index is 0.463. The van der Waals surface area contributed by atoms with Gasteiger partial charge in [0.25, 0.3) is 0 Å². The van der Waals surface area contributed by atoms with Gasteiger partial charge in [-0.15, -0.1) is 21.6 Å². The van der Waals surface area contributed by atoms with Crippen molar-refractivity contribution in [1.29, 1.82) is 0 Å². The molecule has 1 aromatic heterocycles. The maximum absolute atomic E-state index is 9.97. The lowest BCUT2D eigenvalue weighted by Gasteiger charge is -2.19. The maximum Gasteiger partial charge on any atom is 0.229 e. The number of hydrogen-bond donors (Lipinski definition) is 1. The van der Waals surface area contributed by atoms with Crippen LogP contribution in [0.5, 0.6) is 0 Å². The van der Waals surface area contributed by atoms with Crippen LogP contribution in [0.15, 0.2) is 45.6 Å². The summed E-state index contributed by atoms with van der Waals surface area (Å²) in [6.45, 7) is 1.98. The fourth-order valence-corrected chi connectivity index (χ4v) is 1.63. The fraction of sp³-hybridized carbons (Fsp3) is 0.300. The SMILES string of the molecule is CC1=CCC(O)(N=Nc2nccs2)C=C1. The summed E-state index contributed by atoms with van der Waals surface area (Å²) in [5, 5.41) is 20.1. The molecule has 0 spiro atoms. The van der Waals surface area contributed by atoms with Gasteiger partial charge in [0.2, 0.25) is 5.13 Å². The highest BCUT2D eigenvalue weighted by Crippen LogP contribution is 2.25. The average molecular weight is 221 g/mol.